The molecule has 1 fully saturated rings. The Labute approximate surface area is 121 Å². The second-order valence-electron chi connectivity index (χ2n) is 5.25. The highest BCUT2D eigenvalue weighted by atomic mass is 16.5. The topological polar surface area (TPSA) is 12.5 Å². The average Bonchev–Trinajstić information content (AvgIpc) is 2.51. The van der Waals surface area contributed by atoms with Gasteiger partial charge in [-0.05, 0) is 49.9 Å². The number of rotatable bonds is 3. The van der Waals surface area contributed by atoms with E-state index in [-0.39, 0.29) is 0 Å². The fourth-order valence-corrected chi connectivity index (χ4v) is 2.60. The maximum atomic E-state index is 5.95. The molecule has 20 heavy (non-hydrogen) atoms. The van der Waals surface area contributed by atoms with Gasteiger partial charge in [-0.2, -0.15) is 0 Å². The lowest BCUT2D eigenvalue weighted by atomic mass is 10.1. The van der Waals surface area contributed by atoms with Crippen molar-refractivity contribution in [3.63, 3.8) is 0 Å². The van der Waals surface area contributed by atoms with Crippen LogP contribution in [-0.4, -0.2) is 13.1 Å². The fraction of sp³-hybridized carbons (Fsp3) is 0.278. The molecule has 1 heterocycles. The van der Waals surface area contributed by atoms with Gasteiger partial charge in [0.1, 0.15) is 11.5 Å². The summed E-state index contributed by atoms with van der Waals surface area (Å²) in [6, 6.07) is 16.2. The number of benzene rings is 2. The molecule has 0 aromatic heterocycles. The van der Waals surface area contributed by atoms with Gasteiger partial charge in [0, 0.05) is 24.8 Å². The molecule has 0 saturated carbocycles. The Bertz CT molecular complexity index is 559. The lowest BCUT2D eigenvalue weighted by Crippen LogP contribution is -2.29. The highest BCUT2D eigenvalue weighted by molar-refractivity contribution is 5.55. The minimum atomic E-state index is 0.847. The Kier molecular flexibility index (Phi) is 3.91. The van der Waals surface area contributed by atoms with Gasteiger partial charge in [-0.1, -0.05) is 24.3 Å². The molecule has 0 spiro atoms. The van der Waals surface area contributed by atoms with Crippen molar-refractivity contribution in [2.45, 2.75) is 19.3 Å². The van der Waals surface area contributed by atoms with Crippen molar-refractivity contribution in [3.05, 3.63) is 61.0 Å². The fourth-order valence-electron chi connectivity index (χ4n) is 2.60. The summed E-state index contributed by atoms with van der Waals surface area (Å²) in [5.41, 5.74) is 2.16. The molecule has 0 bridgehead atoms. The lowest BCUT2D eigenvalue weighted by molar-refractivity contribution is 0.480. The van der Waals surface area contributed by atoms with Crippen LogP contribution >= 0.6 is 0 Å². The predicted octanol–water partition coefficient (Wildman–Crippen LogP) is 4.65. The van der Waals surface area contributed by atoms with Crippen molar-refractivity contribution in [3.8, 4) is 11.5 Å². The second kappa shape index (κ2) is 6.00. The molecule has 0 aliphatic carbocycles. The first-order valence-electron chi connectivity index (χ1n) is 7.27. The number of ether oxygens (including phenoxy) is 1. The van der Waals surface area contributed by atoms with Crippen LogP contribution in [0.3, 0.4) is 0 Å². The smallest absolute Gasteiger partial charge is 0.132 e. The van der Waals surface area contributed by atoms with Crippen molar-refractivity contribution in [2.24, 2.45) is 0 Å². The molecule has 1 radical (unpaired) electrons. The molecule has 1 aliphatic heterocycles. The van der Waals surface area contributed by atoms with Crippen molar-refractivity contribution in [1.29, 1.82) is 0 Å². The lowest BCUT2D eigenvalue weighted by Gasteiger charge is -2.29. The zero-order valence-electron chi connectivity index (χ0n) is 11.7. The molecular formula is C18H20NO. The van der Waals surface area contributed by atoms with E-state index in [1.54, 1.807) is 0 Å². The first kappa shape index (κ1) is 13.0. The molecule has 0 amide bonds. The van der Waals surface area contributed by atoms with E-state index in [4.69, 9.17) is 4.74 Å². The highest BCUT2D eigenvalue weighted by Gasteiger charge is 2.12. The predicted molar refractivity (Wildman–Crippen MR) is 83.5 cm³/mol. The third kappa shape index (κ3) is 2.96. The van der Waals surface area contributed by atoms with E-state index in [0.717, 1.165) is 30.2 Å². The summed E-state index contributed by atoms with van der Waals surface area (Å²) in [6.07, 6.45) is 3.90. The quantitative estimate of drug-likeness (QED) is 0.801. The molecule has 2 aromatic rings. The van der Waals surface area contributed by atoms with Gasteiger partial charge in [-0.3, -0.25) is 0 Å². The third-order valence-corrected chi connectivity index (χ3v) is 3.74. The summed E-state index contributed by atoms with van der Waals surface area (Å²) < 4.78 is 5.95. The van der Waals surface area contributed by atoms with E-state index in [1.807, 2.05) is 36.4 Å². The van der Waals surface area contributed by atoms with Crippen LogP contribution in [0.15, 0.2) is 48.5 Å². The zero-order chi connectivity index (χ0) is 13.8. The first-order chi connectivity index (χ1) is 9.83. The van der Waals surface area contributed by atoms with Gasteiger partial charge >= 0.3 is 0 Å². The standard InChI is InChI=1S/C18H20NO/c1-15-10-11-16(19-12-6-3-7-13-19)14-18(15)20-17-8-4-2-5-9-17/h2,4-5,8-11,14H,1,3,6-7,12-13H2. The van der Waals surface area contributed by atoms with Gasteiger partial charge in [-0.25, -0.2) is 0 Å². The van der Waals surface area contributed by atoms with E-state index < -0.39 is 0 Å². The van der Waals surface area contributed by atoms with Gasteiger partial charge in [0.25, 0.3) is 0 Å². The summed E-state index contributed by atoms with van der Waals surface area (Å²) in [7, 11) is 0. The van der Waals surface area contributed by atoms with Crippen LogP contribution in [0.4, 0.5) is 5.69 Å². The largest absolute Gasteiger partial charge is 0.457 e. The molecule has 1 saturated heterocycles. The molecule has 0 atom stereocenters. The molecular weight excluding hydrogens is 246 g/mol. The van der Waals surface area contributed by atoms with Crippen LogP contribution in [0, 0.1) is 6.92 Å². The molecule has 2 heteroatoms. The van der Waals surface area contributed by atoms with Crippen LogP contribution < -0.4 is 9.64 Å². The Morgan fingerprint density at radius 2 is 1.65 bits per heavy atom. The Morgan fingerprint density at radius 1 is 0.900 bits per heavy atom. The van der Waals surface area contributed by atoms with Gasteiger partial charge < -0.3 is 9.64 Å². The molecule has 2 nitrogen and oxygen atoms in total. The summed E-state index contributed by atoms with van der Waals surface area (Å²) in [4.78, 5) is 2.43. The Morgan fingerprint density at radius 3 is 2.40 bits per heavy atom. The number of para-hydroxylation sites is 1. The van der Waals surface area contributed by atoms with E-state index in [2.05, 4.69) is 24.0 Å². The molecule has 0 unspecified atom stereocenters. The van der Waals surface area contributed by atoms with E-state index in [1.165, 1.54) is 24.9 Å². The summed E-state index contributed by atoms with van der Waals surface area (Å²) in [5, 5.41) is 0. The molecule has 0 N–H and O–H groups in total. The van der Waals surface area contributed by atoms with Crippen molar-refractivity contribution in [2.75, 3.05) is 18.0 Å². The third-order valence-electron chi connectivity index (χ3n) is 3.74. The number of piperidine rings is 1. The van der Waals surface area contributed by atoms with Crippen LogP contribution in [0.25, 0.3) is 0 Å². The Hall–Kier alpha value is -1.96. The van der Waals surface area contributed by atoms with E-state index >= 15 is 0 Å². The zero-order valence-corrected chi connectivity index (χ0v) is 11.7. The molecule has 3 rings (SSSR count). The van der Waals surface area contributed by atoms with Crippen LogP contribution in [0.1, 0.15) is 24.8 Å². The monoisotopic (exact) mass is 266 g/mol. The van der Waals surface area contributed by atoms with E-state index in [0.29, 0.717) is 0 Å². The minimum absolute atomic E-state index is 0.847. The number of anilines is 1. The summed E-state index contributed by atoms with van der Waals surface area (Å²) in [5.74, 6) is 1.70. The molecule has 2 aromatic carbocycles. The Balaban J connectivity index is 1.83. The van der Waals surface area contributed by atoms with Crippen molar-refractivity contribution < 1.29 is 4.74 Å². The summed E-state index contributed by atoms with van der Waals surface area (Å²) in [6.45, 7) is 6.34. The SMILES string of the molecule is [CH2]c1ccc(N2CCCCC2)cc1Oc1ccccc1. The number of hydrogen-bond acceptors (Lipinski definition) is 2. The maximum absolute atomic E-state index is 5.95. The number of hydrogen-bond donors (Lipinski definition) is 0. The van der Waals surface area contributed by atoms with E-state index in [9.17, 15) is 0 Å². The molecule has 103 valence electrons. The summed E-state index contributed by atoms with van der Waals surface area (Å²) >= 11 is 0. The minimum Gasteiger partial charge on any atom is -0.457 e. The highest BCUT2D eigenvalue weighted by Crippen LogP contribution is 2.30. The van der Waals surface area contributed by atoms with Crippen LogP contribution in [-0.2, 0) is 0 Å². The normalized spacial score (nSPS) is 15.2. The number of nitrogens with zero attached hydrogens (tertiary/aromatic N) is 1. The molecule has 1 aliphatic rings. The van der Waals surface area contributed by atoms with Crippen LogP contribution in [0.2, 0.25) is 0 Å². The van der Waals surface area contributed by atoms with Crippen LogP contribution in [0.5, 0.6) is 11.5 Å². The van der Waals surface area contributed by atoms with Crippen molar-refractivity contribution in [1.82, 2.24) is 0 Å². The second-order valence-corrected chi connectivity index (χ2v) is 5.25. The average molecular weight is 266 g/mol. The van der Waals surface area contributed by atoms with Gasteiger partial charge in [-0.15, -0.1) is 0 Å². The first-order valence-corrected chi connectivity index (χ1v) is 7.27. The maximum Gasteiger partial charge on any atom is 0.132 e. The van der Waals surface area contributed by atoms with Crippen molar-refractivity contribution >= 4 is 5.69 Å². The van der Waals surface area contributed by atoms with Gasteiger partial charge in [0.15, 0.2) is 0 Å². The van der Waals surface area contributed by atoms with Gasteiger partial charge in [0.05, 0.1) is 0 Å². The van der Waals surface area contributed by atoms with Gasteiger partial charge in [0.2, 0.25) is 0 Å².